The summed E-state index contributed by atoms with van der Waals surface area (Å²) in [5.74, 6) is 0. The molecule has 1 unspecified atom stereocenters. The highest BCUT2D eigenvalue weighted by atomic mass is 32.1. The summed E-state index contributed by atoms with van der Waals surface area (Å²) in [6.07, 6.45) is 2.30. The highest BCUT2D eigenvalue weighted by Crippen LogP contribution is 2.09. The summed E-state index contributed by atoms with van der Waals surface area (Å²) in [7, 11) is 0. The minimum Gasteiger partial charge on any atom is -0.176 e. The van der Waals surface area contributed by atoms with Crippen molar-refractivity contribution in [3.05, 3.63) is 35.4 Å². The van der Waals surface area contributed by atoms with Crippen molar-refractivity contribution in [1.82, 2.24) is 0 Å². The highest BCUT2D eigenvalue weighted by molar-refractivity contribution is 7.80. The largest absolute Gasteiger partial charge is 0.176 e. The Bertz CT molecular complexity index is 241. The van der Waals surface area contributed by atoms with Gasteiger partial charge in [0.05, 0.1) is 0 Å². The third-order valence-electron chi connectivity index (χ3n) is 1.93. The van der Waals surface area contributed by atoms with Crippen molar-refractivity contribution < 1.29 is 0 Å². The molecule has 0 bridgehead atoms. The van der Waals surface area contributed by atoms with Crippen molar-refractivity contribution >= 4 is 12.6 Å². The van der Waals surface area contributed by atoms with E-state index >= 15 is 0 Å². The van der Waals surface area contributed by atoms with Crippen molar-refractivity contribution in [2.75, 3.05) is 0 Å². The van der Waals surface area contributed by atoms with Gasteiger partial charge >= 0.3 is 0 Å². The smallest absolute Gasteiger partial charge is 0.000843 e. The molecule has 1 atom stereocenters. The van der Waals surface area contributed by atoms with Gasteiger partial charge in [0.15, 0.2) is 0 Å². The molecule has 66 valence electrons. The van der Waals surface area contributed by atoms with Crippen LogP contribution < -0.4 is 0 Å². The van der Waals surface area contributed by atoms with Crippen LogP contribution in [0.4, 0.5) is 0 Å². The van der Waals surface area contributed by atoms with Crippen LogP contribution in [0, 0.1) is 6.92 Å². The Kier molecular flexibility index (Phi) is 3.67. The summed E-state index contributed by atoms with van der Waals surface area (Å²) in [4.78, 5) is 0. The molecule has 0 fully saturated rings. The molecule has 0 saturated heterocycles. The number of aryl methyl sites for hydroxylation is 2. The van der Waals surface area contributed by atoms with Gasteiger partial charge in [-0.25, -0.2) is 0 Å². The maximum atomic E-state index is 4.35. The van der Waals surface area contributed by atoms with Crippen LogP contribution in [0.3, 0.4) is 0 Å². The van der Waals surface area contributed by atoms with Crippen molar-refractivity contribution in [2.45, 2.75) is 31.9 Å². The Morgan fingerprint density at radius 2 is 2.17 bits per heavy atom. The molecular weight excluding hydrogens is 164 g/mol. The molecule has 12 heavy (non-hydrogen) atoms. The van der Waals surface area contributed by atoms with Gasteiger partial charge < -0.3 is 0 Å². The topological polar surface area (TPSA) is 0 Å². The lowest BCUT2D eigenvalue weighted by Gasteiger charge is -2.04. The second kappa shape index (κ2) is 4.56. The van der Waals surface area contributed by atoms with Crippen LogP contribution in [0.15, 0.2) is 24.3 Å². The lowest BCUT2D eigenvalue weighted by molar-refractivity contribution is 0.815. The zero-order valence-electron chi connectivity index (χ0n) is 7.75. The van der Waals surface area contributed by atoms with Crippen LogP contribution in [-0.2, 0) is 6.42 Å². The highest BCUT2D eigenvalue weighted by Gasteiger charge is 1.96. The second-order valence-corrected chi connectivity index (χ2v) is 4.26. The van der Waals surface area contributed by atoms with Gasteiger partial charge in [0.2, 0.25) is 0 Å². The van der Waals surface area contributed by atoms with Crippen LogP contribution in [0.5, 0.6) is 0 Å². The average Bonchev–Trinajstić information content (AvgIpc) is 2.01. The Morgan fingerprint density at radius 3 is 2.75 bits per heavy atom. The fraction of sp³-hybridized carbons (Fsp3) is 0.455. The van der Waals surface area contributed by atoms with Crippen molar-refractivity contribution in [1.29, 1.82) is 0 Å². The van der Waals surface area contributed by atoms with E-state index < -0.39 is 0 Å². The molecule has 0 saturated carbocycles. The third kappa shape index (κ3) is 3.31. The molecule has 0 aliphatic rings. The quantitative estimate of drug-likeness (QED) is 0.678. The first-order chi connectivity index (χ1) is 5.68. The van der Waals surface area contributed by atoms with Gasteiger partial charge in [0, 0.05) is 0 Å². The van der Waals surface area contributed by atoms with E-state index in [-0.39, 0.29) is 0 Å². The number of rotatable bonds is 3. The molecule has 0 amide bonds. The Labute approximate surface area is 80.4 Å². The summed E-state index contributed by atoms with van der Waals surface area (Å²) >= 11 is 4.35. The van der Waals surface area contributed by atoms with Gasteiger partial charge in [0.25, 0.3) is 0 Å². The molecular formula is C11H16S. The van der Waals surface area contributed by atoms with Crippen LogP contribution in [0.25, 0.3) is 0 Å². The van der Waals surface area contributed by atoms with Crippen LogP contribution in [-0.4, -0.2) is 5.25 Å². The third-order valence-corrected chi connectivity index (χ3v) is 2.19. The molecule has 0 aliphatic carbocycles. The molecule has 0 spiro atoms. The van der Waals surface area contributed by atoms with Crippen molar-refractivity contribution in [2.24, 2.45) is 0 Å². The van der Waals surface area contributed by atoms with E-state index in [9.17, 15) is 0 Å². The summed E-state index contributed by atoms with van der Waals surface area (Å²) in [5, 5.41) is 0.505. The van der Waals surface area contributed by atoms with Gasteiger partial charge in [-0.05, 0) is 30.6 Å². The standard InChI is InChI=1S/C11H16S/c1-9-4-3-5-11(8-9)7-6-10(2)12/h3-5,8,10,12H,6-7H2,1-2H3. The predicted octanol–water partition coefficient (Wildman–Crippen LogP) is 3.25. The maximum absolute atomic E-state index is 4.35. The first kappa shape index (κ1) is 9.66. The van der Waals surface area contributed by atoms with Gasteiger partial charge in [0.1, 0.15) is 0 Å². The SMILES string of the molecule is Cc1cccc(CCC(C)S)c1. The molecule has 1 aromatic rings. The van der Waals surface area contributed by atoms with E-state index in [1.54, 1.807) is 0 Å². The molecule has 1 aromatic carbocycles. The van der Waals surface area contributed by atoms with E-state index in [1.807, 2.05) is 0 Å². The Hall–Kier alpha value is -0.430. The minimum absolute atomic E-state index is 0.505. The molecule has 1 heteroatoms. The summed E-state index contributed by atoms with van der Waals surface area (Å²) in [5.41, 5.74) is 2.77. The molecule has 0 N–H and O–H groups in total. The number of thiol groups is 1. The fourth-order valence-electron chi connectivity index (χ4n) is 1.24. The maximum Gasteiger partial charge on any atom is -0.000843 e. The second-order valence-electron chi connectivity index (χ2n) is 3.38. The van der Waals surface area contributed by atoms with Gasteiger partial charge in [-0.3, -0.25) is 0 Å². The molecule has 0 nitrogen and oxygen atoms in total. The van der Waals surface area contributed by atoms with Crippen LogP contribution in [0.1, 0.15) is 24.5 Å². The van der Waals surface area contributed by atoms with E-state index in [4.69, 9.17) is 0 Å². The number of hydrogen-bond acceptors (Lipinski definition) is 1. The van der Waals surface area contributed by atoms with Crippen LogP contribution >= 0.6 is 12.6 Å². The zero-order chi connectivity index (χ0) is 8.97. The Balaban J connectivity index is 2.52. The van der Waals surface area contributed by atoms with E-state index in [0.717, 1.165) is 12.8 Å². The van der Waals surface area contributed by atoms with E-state index in [2.05, 4.69) is 50.7 Å². The zero-order valence-corrected chi connectivity index (χ0v) is 8.64. The normalized spacial score (nSPS) is 12.9. The van der Waals surface area contributed by atoms with Crippen molar-refractivity contribution in [3.63, 3.8) is 0 Å². The summed E-state index contributed by atoms with van der Waals surface area (Å²) in [6, 6.07) is 8.68. The van der Waals surface area contributed by atoms with E-state index in [0.29, 0.717) is 5.25 Å². The Morgan fingerprint density at radius 1 is 1.42 bits per heavy atom. The monoisotopic (exact) mass is 180 g/mol. The van der Waals surface area contributed by atoms with E-state index in [1.165, 1.54) is 11.1 Å². The first-order valence-electron chi connectivity index (χ1n) is 4.42. The number of hydrogen-bond donors (Lipinski definition) is 1. The number of benzene rings is 1. The minimum atomic E-state index is 0.505. The van der Waals surface area contributed by atoms with Crippen molar-refractivity contribution in [3.8, 4) is 0 Å². The lowest BCUT2D eigenvalue weighted by Crippen LogP contribution is -1.94. The average molecular weight is 180 g/mol. The van der Waals surface area contributed by atoms with Gasteiger partial charge in [-0.1, -0.05) is 36.8 Å². The molecule has 1 rings (SSSR count). The molecule has 0 aliphatic heterocycles. The summed E-state index contributed by atoms with van der Waals surface area (Å²) in [6.45, 7) is 4.27. The summed E-state index contributed by atoms with van der Waals surface area (Å²) < 4.78 is 0. The molecule has 0 heterocycles. The molecule has 0 aromatic heterocycles. The first-order valence-corrected chi connectivity index (χ1v) is 4.94. The van der Waals surface area contributed by atoms with Crippen LogP contribution in [0.2, 0.25) is 0 Å². The predicted molar refractivity (Wildman–Crippen MR) is 57.9 cm³/mol. The van der Waals surface area contributed by atoms with Gasteiger partial charge in [-0.15, -0.1) is 0 Å². The lowest BCUT2D eigenvalue weighted by atomic mass is 10.1. The molecule has 0 radical (unpaired) electrons. The fourth-order valence-corrected chi connectivity index (χ4v) is 1.37. The van der Waals surface area contributed by atoms with Gasteiger partial charge in [-0.2, -0.15) is 12.6 Å².